The summed E-state index contributed by atoms with van der Waals surface area (Å²) >= 11 is 1.81. The first kappa shape index (κ1) is 20.3. The summed E-state index contributed by atoms with van der Waals surface area (Å²) in [4.78, 5) is 23.7. The van der Waals surface area contributed by atoms with Gasteiger partial charge in [0.1, 0.15) is 5.65 Å². The van der Waals surface area contributed by atoms with Crippen LogP contribution in [0.5, 0.6) is 0 Å². The molecule has 2 aromatic rings. The van der Waals surface area contributed by atoms with Gasteiger partial charge in [-0.1, -0.05) is 13.8 Å². The van der Waals surface area contributed by atoms with E-state index in [1.54, 1.807) is 0 Å². The van der Waals surface area contributed by atoms with E-state index in [-0.39, 0.29) is 30.3 Å². The SMILES string of the molecule is CC(C)Sc1cnc2[nH]cc(NC(=O)C3CC3)c2c1N1CCC[C@@H](N)C1.Cl. The fourth-order valence-corrected chi connectivity index (χ4v) is 4.57. The lowest BCUT2D eigenvalue weighted by atomic mass is 10.1. The Morgan fingerprint density at radius 3 is 2.85 bits per heavy atom. The minimum atomic E-state index is 0. The number of thioether (sulfide) groups is 1. The van der Waals surface area contributed by atoms with Gasteiger partial charge in [0.2, 0.25) is 5.91 Å². The monoisotopic (exact) mass is 409 g/mol. The van der Waals surface area contributed by atoms with E-state index in [9.17, 15) is 4.79 Å². The number of piperidine rings is 1. The summed E-state index contributed by atoms with van der Waals surface area (Å²) < 4.78 is 0. The van der Waals surface area contributed by atoms with Crippen LogP contribution in [0.25, 0.3) is 11.0 Å². The fraction of sp³-hybridized carbons (Fsp3) is 0.579. The van der Waals surface area contributed by atoms with Gasteiger partial charge in [0.05, 0.1) is 21.7 Å². The maximum atomic E-state index is 12.3. The summed E-state index contributed by atoms with van der Waals surface area (Å²) in [6.45, 7) is 6.20. The number of halogens is 1. The third-order valence-corrected chi connectivity index (χ3v) is 6.01. The van der Waals surface area contributed by atoms with Gasteiger partial charge in [0.15, 0.2) is 0 Å². The Morgan fingerprint density at radius 2 is 2.19 bits per heavy atom. The zero-order valence-electron chi connectivity index (χ0n) is 15.8. The highest BCUT2D eigenvalue weighted by Crippen LogP contribution is 2.42. The van der Waals surface area contributed by atoms with Crippen LogP contribution in [0.1, 0.15) is 39.5 Å². The molecule has 1 atom stereocenters. The maximum absolute atomic E-state index is 12.3. The standard InChI is InChI=1S/C19H27N5OS.ClH/c1-11(2)26-15-9-22-18-16(17(15)24-7-3-4-13(20)10-24)14(8-21-18)23-19(25)12-5-6-12;/h8-9,11-13H,3-7,10,20H2,1-2H3,(H,21,22)(H,23,25);1H/t13-;/m1./s1. The van der Waals surface area contributed by atoms with Crippen molar-refractivity contribution in [3.63, 3.8) is 0 Å². The molecule has 2 aromatic heterocycles. The molecule has 2 aliphatic rings. The number of nitrogens with one attached hydrogen (secondary N) is 2. The van der Waals surface area contributed by atoms with Gasteiger partial charge in [-0.25, -0.2) is 4.98 Å². The lowest BCUT2D eigenvalue weighted by Crippen LogP contribution is -2.43. The predicted molar refractivity (Wildman–Crippen MR) is 115 cm³/mol. The highest BCUT2D eigenvalue weighted by Gasteiger charge is 2.31. The van der Waals surface area contributed by atoms with Gasteiger partial charge in [0.25, 0.3) is 0 Å². The third-order valence-electron chi connectivity index (χ3n) is 4.98. The van der Waals surface area contributed by atoms with Crippen LogP contribution in [0, 0.1) is 5.92 Å². The van der Waals surface area contributed by atoms with E-state index < -0.39 is 0 Å². The van der Waals surface area contributed by atoms with Crippen LogP contribution in [0.15, 0.2) is 17.3 Å². The second-order valence-corrected chi connectivity index (χ2v) is 9.29. The summed E-state index contributed by atoms with van der Waals surface area (Å²) in [6.07, 6.45) is 7.96. The van der Waals surface area contributed by atoms with E-state index in [0.717, 1.165) is 66.1 Å². The molecule has 1 aliphatic heterocycles. The quantitative estimate of drug-likeness (QED) is 0.654. The molecule has 27 heavy (non-hydrogen) atoms. The van der Waals surface area contributed by atoms with E-state index in [1.807, 2.05) is 24.2 Å². The van der Waals surface area contributed by atoms with Gasteiger partial charge in [-0.15, -0.1) is 24.2 Å². The number of amides is 1. The number of rotatable bonds is 5. The van der Waals surface area contributed by atoms with Crippen molar-refractivity contribution in [3.8, 4) is 0 Å². The Morgan fingerprint density at radius 1 is 1.41 bits per heavy atom. The number of hydrogen-bond acceptors (Lipinski definition) is 5. The molecule has 1 saturated carbocycles. The average molecular weight is 410 g/mol. The Balaban J connectivity index is 0.00000210. The molecule has 0 radical (unpaired) electrons. The predicted octanol–water partition coefficient (Wildman–Crippen LogP) is 3.76. The number of carbonyl (C=O) groups excluding carboxylic acids is 1. The first-order valence-electron chi connectivity index (χ1n) is 9.51. The van der Waals surface area contributed by atoms with Crippen molar-refractivity contribution >= 4 is 52.5 Å². The summed E-state index contributed by atoms with van der Waals surface area (Å²) in [5.74, 6) is 0.294. The van der Waals surface area contributed by atoms with Crippen molar-refractivity contribution in [2.75, 3.05) is 23.3 Å². The van der Waals surface area contributed by atoms with E-state index >= 15 is 0 Å². The van der Waals surface area contributed by atoms with Crippen LogP contribution in [0.3, 0.4) is 0 Å². The Labute approximate surface area is 170 Å². The Hall–Kier alpha value is -1.44. The number of hydrogen-bond donors (Lipinski definition) is 3. The van der Waals surface area contributed by atoms with Crippen LogP contribution in [0.4, 0.5) is 11.4 Å². The van der Waals surface area contributed by atoms with Gasteiger partial charge >= 0.3 is 0 Å². The molecule has 0 bridgehead atoms. The molecule has 8 heteroatoms. The van der Waals surface area contributed by atoms with Crippen LogP contribution in [-0.2, 0) is 4.79 Å². The molecular weight excluding hydrogens is 382 g/mol. The van der Waals surface area contributed by atoms with Crippen molar-refractivity contribution in [3.05, 3.63) is 12.4 Å². The molecule has 6 nitrogen and oxygen atoms in total. The molecule has 1 aliphatic carbocycles. The molecule has 0 spiro atoms. The maximum Gasteiger partial charge on any atom is 0.227 e. The minimum absolute atomic E-state index is 0. The number of aromatic amines is 1. The van der Waals surface area contributed by atoms with Gasteiger partial charge in [-0.05, 0) is 25.7 Å². The lowest BCUT2D eigenvalue weighted by Gasteiger charge is -2.34. The molecule has 4 rings (SSSR count). The van der Waals surface area contributed by atoms with Crippen molar-refractivity contribution in [2.45, 2.75) is 55.7 Å². The highest BCUT2D eigenvalue weighted by atomic mass is 35.5. The molecule has 148 valence electrons. The minimum Gasteiger partial charge on any atom is -0.368 e. The summed E-state index contributed by atoms with van der Waals surface area (Å²) in [5.41, 5.74) is 9.08. The zero-order valence-corrected chi connectivity index (χ0v) is 17.5. The van der Waals surface area contributed by atoms with Crippen LogP contribution >= 0.6 is 24.2 Å². The second kappa shape index (κ2) is 8.29. The van der Waals surface area contributed by atoms with Crippen molar-refractivity contribution in [2.24, 2.45) is 11.7 Å². The number of carbonyl (C=O) groups is 1. The number of pyridine rings is 1. The number of H-pyrrole nitrogens is 1. The first-order chi connectivity index (χ1) is 12.5. The Bertz CT molecular complexity index is 820. The van der Waals surface area contributed by atoms with Crippen molar-refractivity contribution in [1.82, 2.24) is 9.97 Å². The Kier molecular flexibility index (Phi) is 6.23. The smallest absolute Gasteiger partial charge is 0.227 e. The van der Waals surface area contributed by atoms with E-state index in [1.165, 1.54) is 0 Å². The van der Waals surface area contributed by atoms with Gasteiger partial charge in [0, 0.05) is 42.7 Å². The molecule has 1 saturated heterocycles. The lowest BCUT2D eigenvalue weighted by molar-refractivity contribution is -0.117. The zero-order chi connectivity index (χ0) is 18.3. The van der Waals surface area contributed by atoms with Crippen molar-refractivity contribution < 1.29 is 4.79 Å². The number of aromatic nitrogens is 2. The number of nitrogens with two attached hydrogens (primary N) is 1. The van der Waals surface area contributed by atoms with E-state index in [0.29, 0.717) is 5.25 Å². The van der Waals surface area contributed by atoms with E-state index in [2.05, 4.69) is 34.0 Å². The number of anilines is 2. The average Bonchev–Trinajstić information content (AvgIpc) is 3.37. The van der Waals surface area contributed by atoms with Gasteiger partial charge in [-0.2, -0.15) is 0 Å². The molecule has 1 amide bonds. The molecular formula is C19H28ClN5OS. The molecule has 4 N–H and O–H groups in total. The second-order valence-electron chi connectivity index (χ2n) is 7.68. The van der Waals surface area contributed by atoms with Crippen molar-refractivity contribution in [1.29, 1.82) is 0 Å². The normalized spacial score (nSPS) is 20.0. The van der Waals surface area contributed by atoms with E-state index in [4.69, 9.17) is 5.73 Å². The fourth-order valence-electron chi connectivity index (χ4n) is 3.61. The van der Waals surface area contributed by atoms with Crippen LogP contribution in [0.2, 0.25) is 0 Å². The summed E-state index contributed by atoms with van der Waals surface area (Å²) in [7, 11) is 0. The largest absolute Gasteiger partial charge is 0.368 e. The topological polar surface area (TPSA) is 87.0 Å². The molecule has 0 unspecified atom stereocenters. The van der Waals surface area contributed by atoms with Crippen LogP contribution < -0.4 is 16.0 Å². The molecule has 0 aromatic carbocycles. The first-order valence-corrected chi connectivity index (χ1v) is 10.4. The summed E-state index contributed by atoms with van der Waals surface area (Å²) in [6, 6.07) is 0.187. The third kappa shape index (κ3) is 4.36. The van der Waals surface area contributed by atoms with Gasteiger partial charge < -0.3 is 20.9 Å². The highest BCUT2D eigenvalue weighted by molar-refractivity contribution is 8.00. The van der Waals surface area contributed by atoms with Gasteiger partial charge in [-0.3, -0.25) is 4.79 Å². The van der Waals surface area contributed by atoms with Crippen LogP contribution in [-0.4, -0.2) is 40.3 Å². The number of fused-ring (bicyclic) bond motifs is 1. The number of nitrogens with zero attached hydrogens (tertiary/aromatic N) is 2. The molecule has 3 heterocycles. The summed E-state index contributed by atoms with van der Waals surface area (Å²) in [5, 5.41) is 4.59. The molecule has 2 fully saturated rings.